The van der Waals surface area contributed by atoms with Crippen molar-refractivity contribution in [3.63, 3.8) is 0 Å². The molecule has 0 radical (unpaired) electrons. The summed E-state index contributed by atoms with van der Waals surface area (Å²) in [5.41, 5.74) is 0.711. The zero-order valence-electron chi connectivity index (χ0n) is 14.7. The summed E-state index contributed by atoms with van der Waals surface area (Å²) >= 11 is 12.2. The molecule has 1 saturated carbocycles. The highest BCUT2D eigenvalue weighted by molar-refractivity contribution is 6.35. The van der Waals surface area contributed by atoms with Crippen LogP contribution in [-0.4, -0.2) is 40.3 Å². The molecular weight excluding hydrogens is 371 g/mol. The first-order chi connectivity index (χ1) is 12.5. The lowest BCUT2D eigenvalue weighted by Crippen LogP contribution is -2.43. The van der Waals surface area contributed by atoms with Gasteiger partial charge in [0, 0.05) is 30.2 Å². The van der Waals surface area contributed by atoms with Crippen molar-refractivity contribution in [2.75, 3.05) is 13.1 Å². The molecule has 6 heteroatoms. The Morgan fingerprint density at radius 2 is 1.92 bits per heavy atom. The largest absolute Gasteiger partial charge is 0.506 e. The number of rotatable bonds is 6. The van der Waals surface area contributed by atoms with E-state index in [4.69, 9.17) is 23.2 Å². The Morgan fingerprint density at radius 3 is 2.65 bits per heavy atom. The fraction of sp³-hybridized carbons (Fsp3) is 0.500. The van der Waals surface area contributed by atoms with Gasteiger partial charge in [0.05, 0.1) is 17.2 Å². The lowest BCUT2D eigenvalue weighted by atomic mass is 9.86. The van der Waals surface area contributed by atoms with Crippen LogP contribution in [0.2, 0.25) is 10.0 Å². The molecular formula is C20H26Cl2N2O2. The molecule has 1 fully saturated rings. The third-order valence-corrected chi connectivity index (χ3v) is 5.69. The van der Waals surface area contributed by atoms with Gasteiger partial charge in [0.1, 0.15) is 5.75 Å². The number of hydrogen-bond acceptors (Lipinski definition) is 4. The summed E-state index contributed by atoms with van der Waals surface area (Å²) in [6.07, 6.45) is 12.0. The normalized spacial score (nSPS) is 25.5. The fourth-order valence-corrected chi connectivity index (χ4v) is 4.33. The van der Waals surface area contributed by atoms with Crippen LogP contribution in [-0.2, 0) is 6.54 Å². The lowest BCUT2D eigenvalue weighted by molar-refractivity contribution is 0.0436. The maximum Gasteiger partial charge on any atom is 0.138 e. The molecule has 0 bridgehead atoms. The van der Waals surface area contributed by atoms with E-state index in [1.165, 1.54) is 0 Å². The second kappa shape index (κ2) is 9.14. The van der Waals surface area contributed by atoms with E-state index >= 15 is 0 Å². The molecule has 0 spiro atoms. The Hall–Kier alpha value is -1.20. The van der Waals surface area contributed by atoms with Crippen molar-refractivity contribution >= 4 is 23.2 Å². The van der Waals surface area contributed by atoms with E-state index in [-0.39, 0.29) is 28.8 Å². The van der Waals surface area contributed by atoms with Gasteiger partial charge in [-0.05, 0) is 43.2 Å². The summed E-state index contributed by atoms with van der Waals surface area (Å²) < 4.78 is 0. The summed E-state index contributed by atoms with van der Waals surface area (Å²) in [4.78, 5) is 2.27. The minimum atomic E-state index is -0.252. The van der Waals surface area contributed by atoms with Crippen molar-refractivity contribution in [3.05, 3.63) is 52.2 Å². The van der Waals surface area contributed by atoms with Gasteiger partial charge in [-0.2, -0.15) is 0 Å². The second-order valence-corrected chi connectivity index (χ2v) is 8.06. The SMILES string of the molecule is Oc1c(Cl)cc(Cl)cc1CN(CC1C=CC=CN1)CC1CCCCC1O. The number of hydrogen-bond donors (Lipinski definition) is 3. The van der Waals surface area contributed by atoms with E-state index < -0.39 is 0 Å². The molecule has 0 aromatic heterocycles. The van der Waals surface area contributed by atoms with Gasteiger partial charge in [-0.3, -0.25) is 4.90 Å². The molecule has 1 heterocycles. The number of nitrogens with one attached hydrogen (secondary N) is 1. The van der Waals surface area contributed by atoms with Crippen molar-refractivity contribution in [2.45, 2.75) is 44.4 Å². The molecule has 142 valence electrons. The smallest absolute Gasteiger partial charge is 0.138 e. The molecule has 1 aliphatic heterocycles. The number of aliphatic hydroxyl groups excluding tert-OH is 1. The van der Waals surface area contributed by atoms with Gasteiger partial charge in [0.2, 0.25) is 0 Å². The van der Waals surface area contributed by atoms with Gasteiger partial charge in [0.25, 0.3) is 0 Å². The standard InChI is InChI=1S/C20H26Cl2N2O2/c21-16-9-15(20(26)18(22)10-16)12-24(13-17-6-3-4-8-23-17)11-14-5-1-2-7-19(14)25/h3-4,6,8-10,14,17,19,23,25-26H,1-2,5,7,11-13H2. The predicted octanol–water partition coefficient (Wildman–Crippen LogP) is 4.09. The van der Waals surface area contributed by atoms with Gasteiger partial charge in [-0.1, -0.05) is 48.2 Å². The Morgan fingerprint density at radius 1 is 1.12 bits per heavy atom. The van der Waals surface area contributed by atoms with Crippen LogP contribution in [0.15, 0.2) is 36.6 Å². The first-order valence-electron chi connectivity index (χ1n) is 9.19. The maximum atomic E-state index is 10.4. The number of aromatic hydroxyl groups is 1. The van der Waals surface area contributed by atoms with E-state index in [0.29, 0.717) is 17.1 Å². The summed E-state index contributed by atoms with van der Waals surface area (Å²) in [5, 5.41) is 24.8. The van der Waals surface area contributed by atoms with Gasteiger partial charge >= 0.3 is 0 Å². The Bertz CT molecular complexity index is 678. The van der Waals surface area contributed by atoms with E-state index in [9.17, 15) is 10.2 Å². The van der Waals surface area contributed by atoms with Crippen LogP contribution in [0, 0.1) is 5.92 Å². The minimum absolute atomic E-state index is 0.0808. The van der Waals surface area contributed by atoms with Crippen LogP contribution >= 0.6 is 23.2 Å². The predicted molar refractivity (Wildman–Crippen MR) is 107 cm³/mol. The minimum Gasteiger partial charge on any atom is -0.506 e. The average molecular weight is 397 g/mol. The van der Waals surface area contributed by atoms with Gasteiger partial charge in [-0.15, -0.1) is 0 Å². The number of nitrogens with zero attached hydrogens (tertiary/aromatic N) is 1. The molecule has 1 aliphatic carbocycles. The Kier molecular flexibility index (Phi) is 6.87. The topological polar surface area (TPSA) is 55.7 Å². The van der Waals surface area contributed by atoms with E-state index in [0.717, 1.165) is 38.8 Å². The van der Waals surface area contributed by atoms with Crippen LogP contribution in [0.3, 0.4) is 0 Å². The van der Waals surface area contributed by atoms with Crippen LogP contribution in [0.1, 0.15) is 31.2 Å². The molecule has 3 rings (SSSR count). The summed E-state index contributed by atoms with van der Waals surface area (Å²) in [6, 6.07) is 3.50. The Labute approximate surface area is 165 Å². The molecule has 3 N–H and O–H groups in total. The second-order valence-electron chi connectivity index (χ2n) is 7.22. The summed E-state index contributed by atoms with van der Waals surface area (Å²) in [7, 11) is 0. The van der Waals surface area contributed by atoms with Crippen LogP contribution < -0.4 is 5.32 Å². The van der Waals surface area contributed by atoms with Crippen molar-refractivity contribution in [1.29, 1.82) is 0 Å². The zero-order chi connectivity index (χ0) is 18.5. The number of aliphatic hydroxyl groups is 1. The third-order valence-electron chi connectivity index (χ3n) is 5.18. The number of dihydropyridines is 1. The van der Waals surface area contributed by atoms with Crippen molar-refractivity contribution in [2.24, 2.45) is 5.92 Å². The van der Waals surface area contributed by atoms with Gasteiger partial charge in [0.15, 0.2) is 0 Å². The number of phenols is 1. The highest BCUT2D eigenvalue weighted by atomic mass is 35.5. The third kappa shape index (κ3) is 5.17. The number of phenolic OH excluding ortho intramolecular Hbond substituents is 1. The van der Waals surface area contributed by atoms with Crippen molar-refractivity contribution in [1.82, 2.24) is 10.2 Å². The first-order valence-corrected chi connectivity index (χ1v) is 9.95. The molecule has 2 aliphatic rings. The summed E-state index contributed by atoms with van der Waals surface area (Å²) in [6.45, 7) is 2.08. The van der Waals surface area contributed by atoms with E-state index in [1.807, 2.05) is 18.4 Å². The van der Waals surface area contributed by atoms with Crippen molar-refractivity contribution < 1.29 is 10.2 Å². The molecule has 26 heavy (non-hydrogen) atoms. The van der Waals surface area contributed by atoms with Crippen LogP contribution in [0.5, 0.6) is 5.75 Å². The van der Waals surface area contributed by atoms with Crippen LogP contribution in [0.25, 0.3) is 0 Å². The molecule has 1 aromatic carbocycles. The highest BCUT2D eigenvalue weighted by Gasteiger charge is 2.26. The Balaban J connectivity index is 1.75. The van der Waals surface area contributed by atoms with E-state index in [1.54, 1.807) is 12.1 Å². The fourth-order valence-electron chi connectivity index (χ4n) is 3.80. The molecule has 4 nitrogen and oxygen atoms in total. The number of benzene rings is 1. The molecule has 3 unspecified atom stereocenters. The van der Waals surface area contributed by atoms with Crippen molar-refractivity contribution in [3.8, 4) is 5.75 Å². The number of halogens is 2. The highest BCUT2D eigenvalue weighted by Crippen LogP contribution is 2.33. The maximum absolute atomic E-state index is 10.4. The quantitative estimate of drug-likeness (QED) is 0.677. The number of allylic oxidation sites excluding steroid dienone is 2. The van der Waals surface area contributed by atoms with Gasteiger partial charge in [-0.25, -0.2) is 0 Å². The van der Waals surface area contributed by atoms with E-state index in [2.05, 4.69) is 16.3 Å². The van der Waals surface area contributed by atoms with Gasteiger partial charge < -0.3 is 15.5 Å². The molecule has 1 aromatic rings. The average Bonchev–Trinajstić information content (AvgIpc) is 2.62. The summed E-state index contributed by atoms with van der Waals surface area (Å²) in [5.74, 6) is 0.334. The monoisotopic (exact) mass is 396 g/mol. The first kappa shape index (κ1) is 19.6. The van der Waals surface area contributed by atoms with Crippen LogP contribution in [0.4, 0.5) is 0 Å². The molecule has 3 atom stereocenters. The lowest BCUT2D eigenvalue weighted by Gasteiger charge is -2.34. The zero-order valence-corrected chi connectivity index (χ0v) is 16.3. The molecule has 0 amide bonds. The molecule has 0 saturated heterocycles.